The molecule has 0 spiro atoms. The van der Waals surface area contributed by atoms with Gasteiger partial charge < -0.3 is 15.0 Å². The van der Waals surface area contributed by atoms with Crippen LogP contribution >= 0.6 is 0 Å². The van der Waals surface area contributed by atoms with Gasteiger partial charge in [0.2, 0.25) is 0 Å². The lowest BCUT2D eigenvalue weighted by Gasteiger charge is -2.00. The third-order valence-corrected chi connectivity index (χ3v) is 3.06. The molecular weight excluding hydrogens is 328 g/mol. The van der Waals surface area contributed by atoms with Gasteiger partial charge in [0.25, 0.3) is 0 Å². The summed E-state index contributed by atoms with van der Waals surface area (Å²) in [5.74, 6) is -1.02. The molecule has 5 nitrogen and oxygen atoms in total. The van der Waals surface area contributed by atoms with E-state index in [4.69, 9.17) is 10.5 Å². The Morgan fingerprint density at radius 1 is 1.08 bits per heavy atom. The molecule has 0 fully saturated rings. The van der Waals surface area contributed by atoms with E-state index < -0.39 is 5.97 Å². The number of hydrogen-bond donors (Lipinski definition) is 1. The number of esters is 1. The molecule has 0 aliphatic carbocycles. The van der Waals surface area contributed by atoms with Gasteiger partial charge in [-0.1, -0.05) is 0 Å². The first-order valence-corrected chi connectivity index (χ1v) is 7.47. The first kappa shape index (κ1) is 18.1. The van der Waals surface area contributed by atoms with Gasteiger partial charge in [0, 0.05) is 17.6 Å². The van der Waals surface area contributed by atoms with E-state index in [9.17, 15) is 13.6 Å². The quantitative estimate of drug-likeness (QED) is 0.582. The predicted molar refractivity (Wildman–Crippen MR) is 90.3 cm³/mol. The lowest BCUT2D eigenvalue weighted by atomic mass is 10.3. The van der Waals surface area contributed by atoms with Crippen LogP contribution < -0.4 is 5.73 Å². The third-order valence-electron chi connectivity index (χ3n) is 3.06. The fourth-order valence-corrected chi connectivity index (χ4v) is 1.85. The summed E-state index contributed by atoms with van der Waals surface area (Å²) in [6.07, 6.45) is 3.03. The first-order valence-electron chi connectivity index (χ1n) is 7.47. The van der Waals surface area contributed by atoms with Crippen LogP contribution in [-0.2, 0) is 4.74 Å². The van der Waals surface area contributed by atoms with E-state index in [1.54, 1.807) is 29.8 Å². The number of carbonyl (C=O) groups is 1. The molecule has 0 aliphatic rings. The standard InChI is InChI=1S/C12H11FN2O2.C6H6FN/c1-2-17-12(16)11-7-15(8-14-11)10-5-3-9(13)4-6-10;7-5-1-3-6(8)4-2-5/h3-8H,2H2,1H3;1-4H,8H2. The molecule has 1 aromatic heterocycles. The number of benzene rings is 2. The number of imidazole rings is 1. The molecule has 0 saturated heterocycles. The largest absolute Gasteiger partial charge is 0.461 e. The van der Waals surface area contributed by atoms with Crippen LogP contribution in [0.4, 0.5) is 14.5 Å². The van der Waals surface area contributed by atoms with Gasteiger partial charge in [0.15, 0.2) is 5.69 Å². The van der Waals surface area contributed by atoms with Gasteiger partial charge in [0.1, 0.15) is 18.0 Å². The third kappa shape index (κ3) is 5.42. The topological polar surface area (TPSA) is 70.1 Å². The van der Waals surface area contributed by atoms with Crippen molar-refractivity contribution in [3.05, 3.63) is 78.4 Å². The zero-order valence-corrected chi connectivity index (χ0v) is 13.5. The number of hydrogen-bond acceptors (Lipinski definition) is 4. The number of nitrogens with zero attached hydrogens (tertiary/aromatic N) is 2. The van der Waals surface area contributed by atoms with E-state index >= 15 is 0 Å². The number of nitrogen functional groups attached to an aromatic ring is 1. The lowest BCUT2D eigenvalue weighted by molar-refractivity contribution is 0.0520. The summed E-state index contributed by atoms with van der Waals surface area (Å²) < 4.78 is 31.2. The average Bonchev–Trinajstić information content (AvgIpc) is 3.09. The van der Waals surface area contributed by atoms with Crippen LogP contribution in [0.5, 0.6) is 0 Å². The van der Waals surface area contributed by atoms with Crippen molar-refractivity contribution in [1.29, 1.82) is 0 Å². The zero-order valence-electron chi connectivity index (χ0n) is 13.5. The summed E-state index contributed by atoms with van der Waals surface area (Å²) in [6, 6.07) is 11.6. The van der Waals surface area contributed by atoms with Crippen molar-refractivity contribution in [2.45, 2.75) is 6.92 Å². The number of rotatable bonds is 3. The molecule has 25 heavy (non-hydrogen) atoms. The summed E-state index contributed by atoms with van der Waals surface area (Å²) in [7, 11) is 0. The van der Waals surface area contributed by atoms with E-state index in [2.05, 4.69) is 4.98 Å². The molecule has 0 bridgehead atoms. The van der Waals surface area contributed by atoms with Crippen LogP contribution in [0.15, 0.2) is 61.1 Å². The minimum Gasteiger partial charge on any atom is -0.461 e. The molecule has 0 aliphatic heterocycles. The highest BCUT2D eigenvalue weighted by Crippen LogP contribution is 2.10. The molecule has 7 heteroatoms. The molecule has 0 amide bonds. The second-order valence-corrected chi connectivity index (χ2v) is 4.91. The molecule has 0 atom stereocenters. The second kappa shape index (κ2) is 8.58. The summed E-state index contributed by atoms with van der Waals surface area (Å²) in [5.41, 5.74) is 6.81. The van der Waals surface area contributed by atoms with E-state index in [-0.39, 0.29) is 17.3 Å². The Hall–Kier alpha value is -3.22. The maximum absolute atomic E-state index is 12.7. The zero-order chi connectivity index (χ0) is 18.2. The molecule has 3 rings (SSSR count). The summed E-state index contributed by atoms with van der Waals surface area (Å²) in [4.78, 5) is 15.3. The molecular formula is C18H17F2N3O2. The van der Waals surface area contributed by atoms with Gasteiger partial charge in [-0.15, -0.1) is 0 Å². The van der Waals surface area contributed by atoms with Gasteiger partial charge in [-0.25, -0.2) is 18.6 Å². The summed E-state index contributed by atoms with van der Waals surface area (Å²) in [6.45, 7) is 2.04. The van der Waals surface area contributed by atoms with Crippen LogP contribution in [0, 0.1) is 11.6 Å². The first-order chi connectivity index (χ1) is 12.0. The smallest absolute Gasteiger partial charge is 0.358 e. The Labute approximate surface area is 143 Å². The molecule has 2 N–H and O–H groups in total. The lowest BCUT2D eigenvalue weighted by Crippen LogP contribution is -2.04. The van der Waals surface area contributed by atoms with Crippen molar-refractivity contribution < 1.29 is 18.3 Å². The van der Waals surface area contributed by atoms with E-state index in [1.807, 2.05) is 0 Å². The Balaban J connectivity index is 0.000000236. The van der Waals surface area contributed by atoms with Gasteiger partial charge >= 0.3 is 5.97 Å². The maximum Gasteiger partial charge on any atom is 0.358 e. The van der Waals surface area contributed by atoms with Crippen molar-refractivity contribution in [1.82, 2.24) is 9.55 Å². The molecule has 1 heterocycles. The fourth-order valence-electron chi connectivity index (χ4n) is 1.85. The van der Waals surface area contributed by atoms with Crippen LogP contribution in [-0.4, -0.2) is 22.1 Å². The number of carbonyl (C=O) groups excluding carboxylic acids is 1. The Bertz CT molecular complexity index is 794. The van der Waals surface area contributed by atoms with Gasteiger partial charge in [0.05, 0.1) is 6.61 Å². The average molecular weight is 345 g/mol. The molecule has 0 saturated carbocycles. The summed E-state index contributed by atoms with van der Waals surface area (Å²) >= 11 is 0. The van der Waals surface area contributed by atoms with Crippen LogP contribution in [0.25, 0.3) is 5.69 Å². The number of halogens is 2. The number of anilines is 1. The Morgan fingerprint density at radius 2 is 1.64 bits per heavy atom. The second-order valence-electron chi connectivity index (χ2n) is 4.91. The number of aromatic nitrogens is 2. The minimum absolute atomic E-state index is 0.233. The molecule has 3 aromatic rings. The van der Waals surface area contributed by atoms with Gasteiger partial charge in [-0.2, -0.15) is 0 Å². The Morgan fingerprint density at radius 3 is 2.16 bits per heavy atom. The van der Waals surface area contributed by atoms with E-state index in [0.29, 0.717) is 12.3 Å². The van der Waals surface area contributed by atoms with E-state index in [1.165, 1.54) is 42.7 Å². The Kier molecular flexibility index (Phi) is 6.22. The van der Waals surface area contributed by atoms with Crippen molar-refractivity contribution in [3.8, 4) is 5.69 Å². The molecule has 0 unspecified atom stereocenters. The normalized spacial score (nSPS) is 9.88. The number of ether oxygens (including phenoxy) is 1. The SMILES string of the molecule is CCOC(=O)c1cn(-c2ccc(F)cc2)cn1.Nc1ccc(F)cc1. The van der Waals surface area contributed by atoms with Crippen molar-refractivity contribution in [2.24, 2.45) is 0 Å². The van der Waals surface area contributed by atoms with Crippen LogP contribution in [0.3, 0.4) is 0 Å². The highest BCUT2D eigenvalue weighted by Gasteiger charge is 2.10. The van der Waals surface area contributed by atoms with Gasteiger partial charge in [-0.3, -0.25) is 0 Å². The predicted octanol–water partition coefficient (Wildman–Crippen LogP) is 3.60. The van der Waals surface area contributed by atoms with E-state index in [0.717, 1.165) is 5.69 Å². The maximum atomic E-state index is 12.7. The van der Waals surface area contributed by atoms with Crippen molar-refractivity contribution in [2.75, 3.05) is 12.3 Å². The highest BCUT2D eigenvalue weighted by atomic mass is 19.1. The molecule has 0 radical (unpaired) electrons. The van der Waals surface area contributed by atoms with Crippen molar-refractivity contribution in [3.63, 3.8) is 0 Å². The van der Waals surface area contributed by atoms with Crippen LogP contribution in [0.1, 0.15) is 17.4 Å². The molecule has 130 valence electrons. The molecule has 2 aromatic carbocycles. The summed E-state index contributed by atoms with van der Waals surface area (Å²) in [5, 5.41) is 0. The minimum atomic E-state index is -0.464. The van der Waals surface area contributed by atoms with Crippen molar-refractivity contribution >= 4 is 11.7 Å². The number of nitrogens with two attached hydrogens (primary N) is 1. The van der Waals surface area contributed by atoms with Crippen LogP contribution in [0.2, 0.25) is 0 Å². The fraction of sp³-hybridized carbons (Fsp3) is 0.111. The van der Waals surface area contributed by atoms with Gasteiger partial charge in [-0.05, 0) is 55.5 Å². The monoisotopic (exact) mass is 345 g/mol. The highest BCUT2D eigenvalue weighted by molar-refractivity contribution is 5.87.